The van der Waals surface area contributed by atoms with Gasteiger partial charge in [-0.2, -0.15) is 0 Å². The summed E-state index contributed by atoms with van der Waals surface area (Å²) in [4.78, 5) is 26.8. The lowest BCUT2D eigenvalue weighted by Crippen LogP contribution is -2.21. The Morgan fingerprint density at radius 3 is 2.69 bits per heavy atom. The van der Waals surface area contributed by atoms with Gasteiger partial charge in [-0.1, -0.05) is 6.07 Å². The lowest BCUT2D eigenvalue weighted by molar-refractivity contribution is 0.0827. The number of aromatic amines is 1. The van der Waals surface area contributed by atoms with Crippen LogP contribution >= 0.6 is 0 Å². The molecule has 1 aromatic carbocycles. The summed E-state index contributed by atoms with van der Waals surface area (Å²) < 4.78 is 0. The van der Waals surface area contributed by atoms with Gasteiger partial charge in [-0.15, -0.1) is 0 Å². The van der Waals surface area contributed by atoms with Gasteiger partial charge >= 0.3 is 0 Å². The third-order valence-corrected chi connectivity index (χ3v) is 2.42. The Kier molecular flexibility index (Phi) is 2.48. The second-order valence-corrected chi connectivity index (χ2v) is 3.84. The number of aromatic nitrogens is 1. The van der Waals surface area contributed by atoms with Crippen molar-refractivity contribution in [2.24, 2.45) is 0 Å². The largest absolute Gasteiger partial charge is 0.352 e. The van der Waals surface area contributed by atoms with E-state index in [1.165, 1.54) is 4.90 Å². The van der Waals surface area contributed by atoms with Crippen molar-refractivity contribution in [2.45, 2.75) is 0 Å². The molecule has 0 saturated carbocycles. The molecule has 82 valence electrons. The van der Waals surface area contributed by atoms with Crippen LogP contribution in [-0.2, 0) is 0 Å². The number of hydrogen-bond acceptors (Lipinski definition) is 2. The summed E-state index contributed by atoms with van der Waals surface area (Å²) in [5.74, 6) is -0.0517. The van der Waals surface area contributed by atoms with Gasteiger partial charge in [0.1, 0.15) is 0 Å². The highest BCUT2D eigenvalue weighted by molar-refractivity contribution is 5.98. The molecule has 1 N–H and O–H groups in total. The molecule has 0 bridgehead atoms. The third kappa shape index (κ3) is 1.69. The van der Waals surface area contributed by atoms with E-state index in [-0.39, 0.29) is 5.91 Å². The number of carbonyl (C=O) groups is 2. The van der Waals surface area contributed by atoms with Gasteiger partial charge in [0.25, 0.3) is 5.91 Å². The quantitative estimate of drug-likeness (QED) is 0.776. The Morgan fingerprint density at radius 2 is 2.06 bits per heavy atom. The molecule has 0 aliphatic carbocycles. The molecule has 4 nitrogen and oxygen atoms in total. The van der Waals surface area contributed by atoms with Crippen molar-refractivity contribution >= 4 is 23.1 Å². The summed E-state index contributed by atoms with van der Waals surface area (Å²) in [6.45, 7) is 0. The predicted molar refractivity (Wildman–Crippen MR) is 61.7 cm³/mol. The van der Waals surface area contributed by atoms with Crippen molar-refractivity contribution in [3.8, 4) is 0 Å². The maximum atomic E-state index is 11.7. The number of nitrogens with one attached hydrogen (secondary N) is 1. The molecule has 0 radical (unpaired) electrons. The lowest BCUT2D eigenvalue weighted by atomic mass is 10.1. The molecular weight excluding hydrogens is 204 g/mol. The molecule has 1 heterocycles. The Balaban J connectivity index is 2.51. The smallest absolute Gasteiger partial charge is 0.253 e. The molecule has 1 aromatic heterocycles. The molecule has 0 unspecified atom stereocenters. The molecule has 16 heavy (non-hydrogen) atoms. The van der Waals surface area contributed by atoms with Crippen molar-refractivity contribution in [1.29, 1.82) is 0 Å². The standard InChI is InChI=1S/C12H12N2O2/c1-14(2)12(16)9-4-3-8-5-10(7-15)13-11(8)6-9/h3-7,13H,1-2H3. The van der Waals surface area contributed by atoms with Gasteiger partial charge in [0.05, 0.1) is 5.69 Å². The summed E-state index contributed by atoms with van der Waals surface area (Å²) in [5.41, 5.74) is 1.93. The average Bonchev–Trinajstić information content (AvgIpc) is 2.69. The molecule has 2 aromatic rings. The summed E-state index contributed by atoms with van der Waals surface area (Å²) in [5, 5.41) is 0.928. The van der Waals surface area contributed by atoms with E-state index < -0.39 is 0 Å². The van der Waals surface area contributed by atoms with E-state index in [0.29, 0.717) is 11.3 Å². The van der Waals surface area contributed by atoms with Crippen molar-refractivity contribution in [3.05, 3.63) is 35.5 Å². The molecule has 1 amide bonds. The van der Waals surface area contributed by atoms with Gasteiger partial charge in [-0.25, -0.2) is 0 Å². The number of rotatable bonds is 2. The second kappa shape index (κ2) is 3.81. The maximum absolute atomic E-state index is 11.7. The Bertz CT molecular complexity index is 555. The Morgan fingerprint density at radius 1 is 1.31 bits per heavy atom. The third-order valence-electron chi connectivity index (χ3n) is 2.42. The SMILES string of the molecule is CN(C)C(=O)c1ccc2cc(C=O)[nH]c2c1. The minimum absolute atomic E-state index is 0.0517. The minimum atomic E-state index is -0.0517. The molecule has 0 spiro atoms. The lowest BCUT2D eigenvalue weighted by Gasteiger charge is -2.09. The van der Waals surface area contributed by atoms with E-state index in [9.17, 15) is 9.59 Å². The van der Waals surface area contributed by atoms with Crippen LogP contribution in [0.5, 0.6) is 0 Å². The average molecular weight is 216 g/mol. The maximum Gasteiger partial charge on any atom is 0.253 e. The summed E-state index contributed by atoms with van der Waals surface area (Å²) in [6, 6.07) is 7.10. The fourth-order valence-corrected chi connectivity index (χ4v) is 1.60. The van der Waals surface area contributed by atoms with E-state index in [4.69, 9.17) is 0 Å². The molecular formula is C12H12N2O2. The van der Waals surface area contributed by atoms with Crippen LogP contribution in [0, 0.1) is 0 Å². The molecule has 4 heteroatoms. The Labute approximate surface area is 92.9 Å². The van der Waals surface area contributed by atoms with Gasteiger partial charge < -0.3 is 9.88 Å². The van der Waals surface area contributed by atoms with Crippen molar-refractivity contribution in [1.82, 2.24) is 9.88 Å². The van der Waals surface area contributed by atoms with Crippen molar-refractivity contribution in [3.63, 3.8) is 0 Å². The zero-order chi connectivity index (χ0) is 11.7. The number of nitrogens with zero attached hydrogens (tertiary/aromatic N) is 1. The normalized spacial score (nSPS) is 10.4. The number of carbonyl (C=O) groups excluding carboxylic acids is 2. The molecule has 0 saturated heterocycles. The van der Waals surface area contributed by atoms with Crippen LogP contribution in [0.2, 0.25) is 0 Å². The van der Waals surface area contributed by atoms with Crippen molar-refractivity contribution < 1.29 is 9.59 Å². The zero-order valence-electron chi connectivity index (χ0n) is 9.15. The molecule has 2 rings (SSSR count). The van der Waals surface area contributed by atoms with E-state index >= 15 is 0 Å². The highest BCUT2D eigenvalue weighted by Crippen LogP contribution is 2.17. The molecule has 0 aliphatic rings. The van der Waals surface area contributed by atoms with Gasteiger partial charge in [0.2, 0.25) is 0 Å². The van der Waals surface area contributed by atoms with Crippen molar-refractivity contribution in [2.75, 3.05) is 14.1 Å². The van der Waals surface area contributed by atoms with Crippen LogP contribution in [0.4, 0.5) is 0 Å². The zero-order valence-corrected chi connectivity index (χ0v) is 9.15. The van der Waals surface area contributed by atoms with Crippen LogP contribution in [-0.4, -0.2) is 36.2 Å². The van der Waals surface area contributed by atoms with Crippen LogP contribution in [0.1, 0.15) is 20.8 Å². The van der Waals surface area contributed by atoms with Crippen LogP contribution in [0.3, 0.4) is 0 Å². The van der Waals surface area contributed by atoms with Crippen LogP contribution in [0.25, 0.3) is 10.9 Å². The number of hydrogen-bond donors (Lipinski definition) is 1. The van der Waals surface area contributed by atoms with Crippen LogP contribution in [0.15, 0.2) is 24.3 Å². The van der Waals surface area contributed by atoms with Gasteiger partial charge in [-0.05, 0) is 18.2 Å². The number of aldehydes is 1. The Hall–Kier alpha value is -2.10. The predicted octanol–water partition coefficient (Wildman–Crippen LogP) is 1.68. The number of amides is 1. The first-order valence-electron chi connectivity index (χ1n) is 4.91. The number of H-pyrrole nitrogens is 1. The molecule has 0 aliphatic heterocycles. The van der Waals surface area contributed by atoms with E-state index in [1.807, 2.05) is 6.07 Å². The highest BCUT2D eigenvalue weighted by Gasteiger charge is 2.09. The fourth-order valence-electron chi connectivity index (χ4n) is 1.60. The van der Waals surface area contributed by atoms with Gasteiger partial charge in [0.15, 0.2) is 6.29 Å². The van der Waals surface area contributed by atoms with Gasteiger partial charge in [-0.3, -0.25) is 9.59 Å². The topological polar surface area (TPSA) is 53.2 Å². The summed E-state index contributed by atoms with van der Waals surface area (Å²) in [7, 11) is 3.41. The van der Waals surface area contributed by atoms with Gasteiger partial charge in [0, 0.05) is 30.6 Å². The second-order valence-electron chi connectivity index (χ2n) is 3.84. The molecule has 0 atom stereocenters. The number of benzene rings is 1. The number of fused-ring (bicyclic) bond motifs is 1. The first kappa shape index (κ1) is 10.4. The monoisotopic (exact) mass is 216 g/mol. The van der Waals surface area contributed by atoms with Crippen LogP contribution < -0.4 is 0 Å². The first-order chi connectivity index (χ1) is 7.61. The van der Waals surface area contributed by atoms with E-state index in [2.05, 4.69) is 4.98 Å². The summed E-state index contributed by atoms with van der Waals surface area (Å²) in [6.07, 6.45) is 0.757. The highest BCUT2D eigenvalue weighted by atomic mass is 16.2. The van der Waals surface area contributed by atoms with E-state index in [1.54, 1.807) is 32.3 Å². The fraction of sp³-hybridized carbons (Fsp3) is 0.167. The minimum Gasteiger partial charge on any atom is -0.352 e. The first-order valence-corrected chi connectivity index (χ1v) is 4.91. The molecule has 0 fully saturated rings. The van der Waals surface area contributed by atoms with E-state index in [0.717, 1.165) is 17.2 Å². The summed E-state index contributed by atoms with van der Waals surface area (Å²) >= 11 is 0.